The Balaban J connectivity index is 3.24. The van der Waals surface area contributed by atoms with Crippen molar-refractivity contribution in [3.63, 3.8) is 0 Å². The van der Waals surface area contributed by atoms with Crippen molar-refractivity contribution in [2.75, 3.05) is 0 Å². The Hall–Kier alpha value is -1.72. The summed E-state index contributed by atoms with van der Waals surface area (Å²) < 4.78 is 40.0. The maximum Gasteiger partial charge on any atom is 0.573 e. The first-order chi connectivity index (χ1) is 8.00. The minimum absolute atomic E-state index is 0.0317. The molecule has 1 aromatic rings. The average molecular weight is 261 g/mol. The van der Waals surface area contributed by atoms with Crippen molar-refractivity contribution in [1.82, 2.24) is 0 Å². The van der Waals surface area contributed by atoms with Gasteiger partial charge in [0.2, 0.25) is 5.91 Å². The van der Waals surface area contributed by atoms with E-state index in [1.807, 2.05) is 20.8 Å². The highest BCUT2D eigenvalue weighted by atomic mass is 19.4. The van der Waals surface area contributed by atoms with Gasteiger partial charge in [-0.05, 0) is 23.1 Å². The normalized spacial score (nSPS) is 12.3. The second kappa shape index (κ2) is 4.51. The monoisotopic (exact) mass is 261 g/mol. The van der Waals surface area contributed by atoms with E-state index in [1.54, 1.807) is 0 Å². The van der Waals surface area contributed by atoms with Gasteiger partial charge < -0.3 is 10.5 Å². The summed E-state index contributed by atoms with van der Waals surface area (Å²) in [5.41, 5.74) is 5.37. The van der Waals surface area contributed by atoms with Crippen molar-refractivity contribution >= 4 is 5.91 Å². The third-order valence-corrected chi connectivity index (χ3v) is 2.30. The molecule has 0 unspecified atom stereocenters. The predicted molar refractivity (Wildman–Crippen MR) is 60.3 cm³/mol. The molecule has 0 bridgehead atoms. The van der Waals surface area contributed by atoms with E-state index in [0.717, 1.165) is 6.07 Å². The number of hydrogen-bond donors (Lipinski definition) is 1. The molecule has 0 aliphatic heterocycles. The molecule has 1 aromatic carbocycles. The van der Waals surface area contributed by atoms with E-state index >= 15 is 0 Å². The van der Waals surface area contributed by atoms with Crippen molar-refractivity contribution in [1.29, 1.82) is 0 Å². The Bertz CT molecular complexity index is 461. The van der Waals surface area contributed by atoms with Crippen LogP contribution in [0.5, 0.6) is 5.75 Å². The Morgan fingerprint density at radius 3 is 2.17 bits per heavy atom. The Kier molecular flexibility index (Phi) is 3.59. The number of hydrogen-bond acceptors (Lipinski definition) is 2. The number of primary amides is 1. The van der Waals surface area contributed by atoms with Crippen LogP contribution in [-0.2, 0) is 5.41 Å². The first kappa shape index (κ1) is 14.3. The van der Waals surface area contributed by atoms with Crippen LogP contribution in [0.3, 0.4) is 0 Å². The highest BCUT2D eigenvalue weighted by Crippen LogP contribution is 2.30. The molecule has 18 heavy (non-hydrogen) atoms. The predicted octanol–water partition coefficient (Wildman–Crippen LogP) is 2.98. The number of halogens is 3. The lowest BCUT2D eigenvalue weighted by Crippen LogP contribution is -2.22. The maximum absolute atomic E-state index is 12.1. The largest absolute Gasteiger partial charge is 0.573 e. The summed E-state index contributed by atoms with van der Waals surface area (Å²) in [4.78, 5) is 11.3. The number of alkyl halides is 3. The molecule has 0 atom stereocenters. The van der Waals surface area contributed by atoms with Gasteiger partial charge in [0.25, 0.3) is 0 Å². The van der Waals surface area contributed by atoms with Crippen LogP contribution >= 0.6 is 0 Å². The molecule has 0 aliphatic rings. The summed E-state index contributed by atoms with van der Waals surface area (Å²) in [5, 5.41) is 0. The van der Waals surface area contributed by atoms with E-state index in [0.29, 0.717) is 5.56 Å². The molecule has 0 spiro atoms. The molecule has 0 radical (unpaired) electrons. The van der Waals surface area contributed by atoms with Gasteiger partial charge in [-0.15, -0.1) is 13.2 Å². The zero-order valence-corrected chi connectivity index (χ0v) is 10.3. The first-order valence-corrected chi connectivity index (χ1v) is 5.21. The Morgan fingerprint density at radius 1 is 1.22 bits per heavy atom. The zero-order chi connectivity index (χ0) is 14.1. The average Bonchev–Trinajstić information content (AvgIpc) is 2.12. The number of carbonyl (C=O) groups is 1. The van der Waals surface area contributed by atoms with Crippen LogP contribution in [0.15, 0.2) is 18.2 Å². The first-order valence-electron chi connectivity index (χ1n) is 5.21. The molecule has 1 amide bonds. The molecule has 3 nitrogen and oxygen atoms in total. The quantitative estimate of drug-likeness (QED) is 0.889. The van der Waals surface area contributed by atoms with Gasteiger partial charge >= 0.3 is 6.36 Å². The van der Waals surface area contributed by atoms with Crippen LogP contribution in [0.2, 0.25) is 0 Å². The number of ether oxygens (including phenoxy) is 1. The van der Waals surface area contributed by atoms with Crippen molar-refractivity contribution < 1.29 is 22.7 Å². The fourth-order valence-corrected chi connectivity index (χ4v) is 1.58. The van der Waals surface area contributed by atoms with E-state index in [4.69, 9.17) is 5.73 Å². The molecule has 1 rings (SSSR count). The topological polar surface area (TPSA) is 52.3 Å². The molecule has 0 aromatic heterocycles. The zero-order valence-electron chi connectivity index (χ0n) is 10.3. The molecule has 0 saturated carbocycles. The lowest BCUT2D eigenvalue weighted by atomic mass is 9.83. The molecular weight excluding hydrogens is 247 g/mol. The number of nitrogens with two attached hydrogens (primary N) is 1. The lowest BCUT2D eigenvalue weighted by Gasteiger charge is -2.22. The summed E-state index contributed by atoms with van der Waals surface area (Å²) in [7, 11) is 0. The summed E-state index contributed by atoms with van der Waals surface area (Å²) in [5.74, 6) is -1.24. The molecular formula is C12H14F3NO2. The third kappa shape index (κ3) is 3.65. The molecule has 0 heterocycles. The summed E-state index contributed by atoms with van der Waals surface area (Å²) >= 11 is 0. The second-order valence-electron chi connectivity index (χ2n) is 4.87. The van der Waals surface area contributed by atoms with Gasteiger partial charge in [-0.1, -0.05) is 26.8 Å². The molecule has 0 aliphatic carbocycles. The fraction of sp³-hybridized carbons (Fsp3) is 0.417. The van der Waals surface area contributed by atoms with Gasteiger partial charge in [0, 0.05) is 5.56 Å². The van der Waals surface area contributed by atoms with E-state index in [9.17, 15) is 18.0 Å². The van der Waals surface area contributed by atoms with Crippen LogP contribution in [0, 0.1) is 0 Å². The van der Waals surface area contributed by atoms with Gasteiger partial charge in [0.15, 0.2) is 0 Å². The van der Waals surface area contributed by atoms with Gasteiger partial charge in [0.1, 0.15) is 5.75 Å². The van der Waals surface area contributed by atoms with E-state index in [-0.39, 0.29) is 5.56 Å². The van der Waals surface area contributed by atoms with Crippen LogP contribution in [0.25, 0.3) is 0 Å². The Labute approximate surface area is 103 Å². The maximum atomic E-state index is 12.1. The highest BCUT2D eigenvalue weighted by Gasteiger charge is 2.32. The van der Waals surface area contributed by atoms with E-state index in [2.05, 4.69) is 4.74 Å². The summed E-state index contributed by atoms with van der Waals surface area (Å²) in [6.45, 7) is 5.50. The van der Waals surface area contributed by atoms with Crippen molar-refractivity contribution in [3.05, 3.63) is 29.3 Å². The SMILES string of the molecule is CC(C)(C)c1ccc(OC(F)(F)F)cc1C(N)=O. The van der Waals surface area contributed by atoms with Gasteiger partial charge in [0.05, 0.1) is 0 Å². The van der Waals surface area contributed by atoms with E-state index < -0.39 is 23.4 Å². The van der Waals surface area contributed by atoms with Crippen molar-refractivity contribution in [2.24, 2.45) is 5.73 Å². The van der Waals surface area contributed by atoms with Crippen LogP contribution in [0.4, 0.5) is 13.2 Å². The summed E-state index contributed by atoms with van der Waals surface area (Å²) in [6, 6.07) is 3.60. The molecule has 2 N–H and O–H groups in total. The number of rotatable bonds is 2. The number of benzene rings is 1. The number of amides is 1. The van der Waals surface area contributed by atoms with Crippen LogP contribution < -0.4 is 10.5 Å². The highest BCUT2D eigenvalue weighted by molar-refractivity contribution is 5.95. The van der Waals surface area contributed by atoms with Crippen LogP contribution in [-0.4, -0.2) is 12.3 Å². The summed E-state index contributed by atoms with van der Waals surface area (Å²) in [6.07, 6.45) is -4.79. The van der Waals surface area contributed by atoms with Gasteiger partial charge in [-0.2, -0.15) is 0 Å². The lowest BCUT2D eigenvalue weighted by molar-refractivity contribution is -0.274. The van der Waals surface area contributed by atoms with Crippen molar-refractivity contribution in [2.45, 2.75) is 32.5 Å². The molecule has 100 valence electrons. The van der Waals surface area contributed by atoms with Gasteiger partial charge in [-0.3, -0.25) is 4.79 Å². The van der Waals surface area contributed by atoms with Crippen molar-refractivity contribution in [3.8, 4) is 5.75 Å². The molecule has 0 fully saturated rings. The second-order valence-corrected chi connectivity index (χ2v) is 4.87. The molecule has 0 saturated heterocycles. The van der Waals surface area contributed by atoms with E-state index in [1.165, 1.54) is 12.1 Å². The third-order valence-electron chi connectivity index (χ3n) is 2.30. The number of carbonyl (C=O) groups excluding carboxylic acids is 1. The minimum Gasteiger partial charge on any atom is -0.406 e. The molecule has 6 heteroatoms. The smallest absolute Gasteiger partial charge is 0.406 e. The van der Waals surface area contributed by atoms with Gasteiger partial charge in [-0.25, -0.2) is 0 Å². The fourth-order valence-electron chi connectivity index (χ4n) is 1.58. The minimum atomic E-state index is -4.79. The van der Waals surface area contributed by atoms with Crippen LogP contribution in [0.1, 0.15) is 36.7 Å². The Morgan fingerprint density at radius 2 is 1.78 bits per heavy atom. The standard InChI is InChI=1S/C12H14F3NO2/c1-11(2,3)9-5-4-7(18-12(13,14)15)6-8(9)10(16)17/h4-6H,1-3H3,(H2,16,17).